The molecule has 1 fully saturated rings. The quantitative estimate of drug-likeness (QED) is 0.370. The number of hydrogen-bond donors (Lipinski definition) is 5. The van der Waals surface area contributed by atoms with Crippen molar-refractivity contribution in [1.82, 2.24) is 15.0 Å². The van der Waals surface area contributed by atoms with Crippen LogP contribution in [0.15, 0.2) is 0 Å². The Morgan fingerprint density at radius 3 is 2.47 bits per heavy atom. The Balaban J connectivity index is 1.93. The first-order valence-electron chi connectivity index (χ1n) is 10.2. The van der Waals surface area contributed by atoms with E-state index in [-0.39, 0.29) is 12.5 Å². The van der Waals surface area contributed by atoms with E-state index in [0.29, 0.717) is 37.9 Å². The molecule has 2 aromatic rings. The molecule has 30 heavy (non-hydrogen) atoms. The van der Waals surface area contributed by atoms with Crippen molar-refractivity contribution in [3.05, 3.63) is 16.3 Å². The molecule has 10 heteroatoms. The zero-order valence-electron chi connectivity index (χ0n) is 17.8. The van der Waals surface area contributed by atoms with E-state index in [1.165, 1.54) is 0 Å². The molecule has 0 unspecified atom stereocenters. The van der Waals surface area contributed by atoms with Crippen molar-refractivity contribution in [3.8, 4) is 10.6 Å². The third-order valence-electron chi connectivity index (χ3n) is 5.42. The Morgan fingerprint density at radius 2 is 1.87 bits per heavy atom. The van der Waals surface area contributed by atoms with Crippen molar-refractivity contribution >= 4 is 23.1 Å². The molecular weight excluding hydrogens is 406 g/mol. The SMILES string of the molecule is CCOCCNc1nc(C)c(-c2nc(C)c(C)s2)c(N[C@@H]2C[C@H](CO)[C@@H](O)[C@H]2O)n1. The zero-order valence-corrected chi connectivity index (χ0v) is 18.7. The number of aliphatic hydroxyl groups excluding tert-OH is 3. The fourth-order valence-electron chi connectivity index (χ4n) is 3.60. The maximum Gasteiger partial charge on any atom is 0.224 e. The van der Waals surface area contributed by atoms with Crippen molar-refractivity contribution in [1.29, 1.82) is 0 Å². The molecule has 0 radical (unpaired) electrons. The Labute approximate surface area is 180 Å². The van der Waals surface area contributed by atoms with Crippen LogP contribution in [0.5, 0.6) is 0 Å². The number of rotatable bonds is 9. The number of aliphatic hydroxyl groups is 3. The van der Waals surface area contributed by atoms with Crippen LogP contribution in [-0.4, -0.2) is 74.9 Å². The van der Waals surface area contributed by atoms with E-state index in [1.807, 2.05) is 27.7 Å². The van der Waals surface area contributed by atoms with Gasteiger partial charge in [0.05, 0.1) is 35.7 Å². The number of anilines is 2. The van der Waals surface area contributed by atoms with Gasteiger partial charge < -0.3 is 30.7 Å². The van der Waals surface area contributed by atoms with Crippen LogP contribution in [0, 0.1) is 26.7 Å². The Kier molecular flexibility index (Phi) is 7.59. The molecule has 0 aromatic carbocycles. The summed E-state index contributed by atoms with van der Waals surface area (Å²) in [6.07, 6.45) is -1.55. The lowest BCUT2D eigenvalue weighted by Crippen LogP contribution is -2.35. The van der Waals surface area contributed by atoms with Crippen LogP contribution >= 0.6 is 11.3 Å². The minimum absolute atomic E-state index is 0.179. The summed E-state index contributed by atoms with van der Waals surface area (Å²) in [5.74, 6) is 0.622. The fraction of sp³-hybridized carbons (Fsp3) is 0.650. The van der Waals surface area contributed by atoms with Gasteiger partial charge in [0.1, 0.15) is 16.9 Å². The molecule has 1 saturated carbocycles. The van der Waals surface area contributed by atoms with Gasteiger partial charge in [0, 0.05) is 30.6 Å². The average molecular weight is 438 g/mol. The highest BCUT2D eigenvalue weighted by molar-refractivity contribution is 7.15. The minimum Gasteiger partial charge on any atom is -0.396 e. The summed E-state index contributed by atoms with van der Waals surface area (Å²) in [7, 11) is 0. The zero-order chi connectivity index (χ0) is 21.8. The predicted octanol–water partition coefficient (Wildman–Crippen LogP) is 1.49. The van der Waals surface area contributed by atoms with Gasteiger partial charge in [-0.15, -0.1) is 11.3 Å². The summed E-state index contributed by atoms with van der Waals surface area (Å²) in [5, 5.41) is 37.4. The summed E-state index contributed by atoms with van der Waals surface area (Å²) in [6.45, 7) is 9.40. The molecule has 5 N–H and O–H groups in total. The highest BCUT2D eigenvalue weighted by Crippen LogP contribution is 2.37. The lowest BCUT2D eigenvalue weighted by atomic mass is 10.1. The van der Waals surface area contributed by atoms with Gasteiger partial charge in [0.2, 0.25) is 5.95 Å². The van der Waals surface area contributed by atoms with Crippen LogP contribution in [0.1, 0.15) is 29.6 Å². The minimum atomic E-state index is -1.00. The smallest absolute Gasteiger partial charge is 0.224 e. The molecule has 0 amide bonds. The van der Waals surface area contributed by atoms with E-state index >= 15 is 0 Å². The van der Waals surface area contributed by atoms with E-state index in [9.17, 15) is 15.3 Å². The van der Waals surface area contributed by atoms with Crippen molar-refractivity contribution in [2.24, 2.45) is 5.92 Å². The van der Waals surface area contributed by atoms with Crippen molar-refractivity contribution in [2.45, 2.75) is 52.4 Å². The number of hydrogen-bond acceptors (Lipinski definition) is 10. The molecule has 166 valence electrons. The number of nitrogens with zero attached hydrogens (tertiary/aromatic N) is 3. The number of ether oxygens (including phenoxy) is 1. The van der Waals surface area contributed by atoms with E-state index in [2.05, 4.69) is 25.6 Å². The number of aryl methyl sites for hydroxylation is 3. The van der Waals surface area contributed by atoms with Crippen molar-refractivity contribution in [3.63, 3.8) is 0 Å². The van der Waals surface area contributed by atoms with Crippen molar-refractivity contribution in [2.75, 3.05) is 37.0 Å². The molecule has 0 bridgehead atoms. The lowest BCUT2D eigenvalue weighted by Gasteiger charge is -2.21. The summed E-state index contributed by atoms with van der Waals surface area (Å²) < 4.78 is 5.36. The molecular formula is C20H31N5O4S. The van der Waals surface area contributed by atoms with Crippen molar-refractivity contribution < 1.29 is 20.1 Å². The van der Waals surface area contributed by atoms with E-state index in [1.54, 1.807) is 11.3 Å². The largest absolute Gasteiger partial charge is 0.396 e. The Bertz CT molecular complexity index is 842. The number of nitrogens with one attached hydrogen (secondary N) is 2. The van der Waals surface area contributed by atoms with Crippen LogP contribution in [0.25, 0.3) is 10.6 Å². The lowest BCUT2D eigenvalue weighted by molar-refractivity contribution is 0.00446. The maximum absolute atomic E-state index is 10.5. The molecule has 0 aliphatic heterocycles. The van der Waals surface area contributed by atoms with Gasteiger partial charge in [-0.2, -0.15) is 4.98 Å². The summed E-state index contributed by atoms with van der Waals surface area (Å²) in [6, 6.07) is -0.441. The van der Waals surface area contributed by atoms with Crippen LogP contribution in [0.2, 0.25) is 0 Å². The molecule has 9 nitrogen and oxygen atoms in total. The second-order valence-electron chi connectivity index (χ2n) is 7.55. The number of aromatic nitrogens is 3. The fourth-order valence-corrected chi connectivity index (χ4v) is 4.61. The second-order valence-corrected chi connectivity index (χ2v) is 8.75. The topological polar surface area (TPSA) is 133 Å². The van der Waals surface area contributed by atoms with Gasteiger partial charge in [-0.25, -0.2) is 9.97 Å². The van der Waals surface area contributed by atoms with Gasteiger partial charge in [-0.3, -0.25) is 0 Å². The van der Waals surface area contributed by atoms with Crippen LogP contribution in [-0.2, 0) is 4.74 Å². The standard InChI is InChI=1S/C20H31N5O4S/c1-5-29-7-6-21-20-23-11(3)15(19-22-10(2)12(4)30-19)18(25-20)24-14-8-13(9-26)16(27)17(14)28/h13-14,16-17,26-28H,5-9H2,1-4H3,(H2,21,23,24,25)/t13-,14-,16-,17+/m1/s1. The highest BCUT2D eigenvalue weighted by Gasteiger charge is 2.41. The average Bonchev–Trinajstić information content (AvgIpc) is 3.18. The molecule has 1 aliphatic rings. The normalized spacial score (nSPS) is 23.7. The summed E-state index contributed by atoms with van der Waals surface area (Å²) >= 11 is 1.57. The molecule has 0 spiro atoms. The van der Waals surface area contributed by atoms with Crippen LogP contribution in [0.4, 0.5) is 11.8 Å². The summed E-state index contributed by atoms with van der Waals surface area (Å²) in [4.78, 5) is 15.0. The van der Waals surface area contributed by atoms with Gasteiger partial charge in [-0.1, -0.05) is 0 Å². The highest BCUT2D eigenvalue weighted by atomic mass is 32.1. The third-order valence-corrected chi connectivity index (χ3v) is 6.51. The predicted molar refractivity (Wildman–Crippen MR) is 117 cm³/mol. The molecule has 4 atom stereocenters. The Morgan fingerprint density at radius 1 is 1.10 bits per heavy atom. The van der Waals surface area contributed by atoms with E-state index in [4.69, 9.17) is 4.74 Å². The monoisotopic (exact) mass is 437 g/mol. The molecule has 3 rings (SSSR count). The summed E-state index contributed by atoms with van der Waals surface area (Å²) in [5.41, 5.74) is 2.49. The van der Waals surface area contributed by atoms with Gasteiger partial charge in [0.15, 0.2) is 0 Å². The first-order valence-corrected chi connectivity index (χ1v) is 11.1. The Hall–Kier alpha value is -1.85. The third kappa shape index (κ3) is 4.89. The second kappa shape index (κ2) is 9.97. The maximum atomic E-state index is 10.5. The van der Waals surface area contributed by atoms with Crippen LogP contribution < -0.4 is 10.6 Å². The first-order chi connectivity index (χ1) is 14.3. The van der Waals surface area contributed by atoms with E-state index < -0.39 is 18.2 Å². The van der Waals surface area contributed by atoms with Gasteiger partial charge >= 0.3 is 0 Å². The molecule has 2 aromatic heterocycles. The first kappa shape index (κ1) is 22.8. The molecule has 0 saturated heterocycles. The molecule has 1 aliphatic carbocycles. The van der Waals surface area contributed by atoms with Gasteiger partial charge in [0.25, 0.3) is 0 Å². The number of thiazole rings is 1. The van der Waals surface area contributed by atoms with Crippen LogP contribution in [0.3, 0.4) is 0 Å². The molecule has 2 heterocycles. The van der Waals surface area contributed by atoms with Gasteiger partial charge in [-0.05, 0) is 34.1 Å². The van der Waals surface area contributed by atoms with E-state index in [0.717, 1.165) is 26.8 Å².